The molecule has 0 bridgehead atoms. The molecule has 0 rings (SSSR count). The number of allylic oxidation sites excluding steroid dienone is 1. The lowest BCUT2D eigenvalue weighted by Crippen LogP contribution is -2.05. The van der Waals surface area contributed by atoms with Gasteiger partial charge in [-0.05, 0) is 0 Å². The molecule has 0 aromatic carbocycles. The summed E-state index contributed by atoms with van der Waals surface area (Å²) in [4.78, 5) is 10.6. The summed E-state index contributed by atoms with van der Waals surface area (Å²) in [6.45, 7) is 6.87. The van der Waals surface area contributed by atoms with Crippen LogP contribution in [-0.2, 0) is 4.79 Å². The van der Waals surface area contributed by atoms with Gasteiger partial charge in [-0.3, -0.25) is 4.79 Å². The lowest BCUT2D eigenvalue weighted by Gasteiger charge is -1.97. The molecule has 0 aromatic rings. The fourth-order valence-corrected chi connectivity index (χ4v) is 0.531. The first kappa shape index (κ1) is 7.70. The summed E-state index contributed by atoms with van der Waals surface area (Å²) in [5.41, 5.74) is 0. The Hall–Kier alpha value is -0.300. The molecule has 8 heavy (non-hydrogen) atoms. The number of carbonyl (C=O) groups is 1. The van der Waals surface area contributed by atoms with Crippen LogP contribution in [0.2, 0.25) is 0 Å². The Morgan fingerprint density at radius 3 is 2.00 bits per heavy atom. The molecule has 0 radical (unpaired) electrons. The van der Waals surface area contributed by atoms with Crippen molar-refractivity contribution in [3.8, 4) is 0 Å². The monoisotopic (exact) mass is 132 g/mol. The molecule has 2 heteroatoms. The van der Waals surface area contributed by atoms with Crippen molar-refractivity contribution in [2.75, 3.05) is 0 Å². The smallest absolute Gasteiger partial charge is 0.176 e. The van der Waals surface area contributed by atoms with Crippen LogP contribution in [0, 0.1) is 5.92 Å². The molecule has 0 N–H and O–H groups in total. The van der Waals surface area contributed by atoms with Crippen LogP contribution >= 0.6 is 11.6 Å². The number of hydrogen-bond acceptors (Lipinski definition) is 1. The predicted octanol–water partition coefficient (Wildman–Crippen LogP) is 1.96. The van der Waals surface area contributed by atoms with Crippen molar-refractivity contribution >= 4 is 17.4 Å². The highest BCUT2D eigenvalue weighted by atomic mass is 35.5. The molecule has 0 saturated carbocycles. The summed E-state index contributed by atoms with van der Waals surface area (Å²) in [6.07, 6.45) is 0. The highest BCUT2D eigenvalue weighted by molar-refractivity contribution is 6.42. The molecule has 0 heterocycles. The molecule has 46 valence electrons. The minimum atomic E-state index is -0.0772. The molecular weight excluding hydrogens is 124 g/mol. The summed E-state index contributed by atoms with van der Waals surface area (Å²) in [7, 11) is 0. The highest BCUT2D eigenvalue weighted by Gasteiger charge is 2.07. The Bertz CT molecular complexity index is 116. The van der Waals surface area contributed by atoms with Crippen LogP contribution in [0.3, 0.4) is 0 Å². The first-order valence-electron chi connectivity index (χ1n) is 2.44. The van der Waals surface area contributed by atoms with Gasteiger partial charge in [0.15, 0.2) is 5.78 Å². The van der Waals surface area contributed by atoms with Crippen LogP contribution in [0.5, 0.6) is 0 Å². The van der Waals surface area contributed by atoms with Gasteiger partial charge in [-0.1, -0.05) is 32.0 Å². The third-order valence-electron chi connectivity index (χ3n) is 0.792. The zero-order valence-electron chi connectivity index (χ0n) is 5.07. The molecule has 1 nitrogen and oxygen atoms in total. The quantitative estimate of drug-likeness (QED) is 0.525. The molecule has 0 aliphatic rings. The average Bonchev–Trinajstić information content (AvgIpc) is 1.64. The van der Waals surface area contributed by atoms with E-state index in [2.05, 4.69) is 6.58 Å². The predicted molar refractivity (Wildman–Crippen MR) is 34.8 cm³/mol. The summed E-state index contributed by atoms with van der Waals surface area (Å²) >= 11 is 5.28. The van der Waals surface area contributed by atoms with Crippen LogP contribution in [0.15, 0.2) is 11.6 Å². The zero-order chi connectivity index (χ0) is 6.73. The maximum absolute atomic E-state index is 10.6. The second kappa shape index (κ2) is 2.88. The fourth-order valence-electron chi connectivity index (χ4n) is 0.313. The third-order valence-corrected chi connectivity index (χ3v) is 0.978. The lowest BCUT2D eigenvalue weighted by atomic mass is 10.1. The summed E-state index contributed by atoms with van der Waals surface area (Å²) < 4.78 is 0. The highest BCUT2D eigenvalue weighted by Crippen LogP contribution is 2.06. The average molecular weight is 133 g/mol. The molecule has 0 unspecified atom stereocenters. The van der Waals surface area contributed by atoms with Crippen molar-refractivity contribution in [2.45, 2.75) is 13.8 Å². The zero-order valence-corrected chi connectivity index (χ0v) is 5.83. The molecular formula is C6H9ClO. The molecule has 0 aliphatic heterocycles. The van der Waals surface area contributed by atoms with E-state index < -0.39 is 0 Å². The summed E-state index contributed by atoms with van der Waals surface area (Å²) in [6, 6.07) is 0. The Balaban J connectivity index is 3.84. The van der Waals surface area contributed by atoms with E-state index in [0.717, 1.165) is 0 Å². The van der Waals surface area contributed by atoms with Gasteiger partial charge in [-0.15, -0.1) is 0 Å². The van der Waals surface area contributed by atoms with Crippen molar-refractivity contribution in [1.82, 2.24) is 0 Å². The van der Waals surface area contributed by atoms with E-state index in [1.807, 2.05) is 0 Å². The molecule has 0 amide bonds. The molecule has 0 saturated heterocycles. The van der Waals surface area contributed by atoms with Crippen molar-refractivity contribution in [3.05, 3.63) is 11.6 Å². The van der Waals surface area contributed by atoms with Gasteiger partial charge in [-0.2, -0.15) is 0 Å². The van der Waals surface area contributed by atoms with Gasteiger partial charge in [0.05, 0.1) is 5.03 Å². The van der Waals surface area contributed by atoms with E-state index in [4.69, 9.17) is 11.6 Å². The van der Waals surface area contributed by atoms with Crippen LogP contribution in [-0.4, -0.2) is 5.78 Å². The molecule has 0 fully saturated rings. The Morgan fingerprint density at radius 2 is 2.00 bits per heavy atom. The normalized spacial score (nSPS) is 9.50. The second-order valence-electron chi connectivity index (χ2n) is 1.92. The van der Waals surface area contributed by atoms with Gasteiger partial charge in [0.1, 0.15) is 0 Å². The van der Waals surface area contributed by atoms with Crippen molar-refractivity contribution in [1.29, 1.82) is 0 Å². The van der Waals surface area contributed by atoms with Crippen LogP contribution < -0.4 is 0 Å². The topological polar surface area (TPSA) is 17.1 Å². The molecule has 0 aliphatic carbocycles. The lowest BCUT2D eigenvalue weighted by molar-refractivity contribution is -0.117. The first-order chi connectivity index (χ1) is 3.55. The van der Waals surface area contributed by atoms with Crippen LogP contribution in [0.1, 0.15) is 13.8 Å². The number of rotatable bonds is 2. The summed E-state index contributed by atoms with van der Waals surface area (Å²) in [5.74, 6) is -0.105. The summed E-state index contributed by atoms with van der Waals surface area (Å²) in [5, 5.41) is 0.125. The largest absolute Gasteiger partial charge is 0.293 e. The third kappa shape index (κ3) is 2.12. The Labute approximate surface area is 54.3 Å². The standard InChI is InChI=1S/C6H9ClO/c1-4(2)6(8)5(3)7/h4H,3H2,1-2H3. The van der Waals surface area contributed by atoms with Crippen LogP contribution in [0.25, 0.3) is 0 Å². The second-order valence-corrected chi connectivity index (χ2v) is 2.38. The molecule has 0 aromatic heterocycles. The molecule has 0 spiro atoms. The Morgan fingerprint density at radius 1 is 1.62 bits per heavy atom. The number of Topliss-reactive ketones (excluding diaryl/α,β-unsaturated/α-hetero) is 1. The maximum atomic E-state index is 10.6. The van der Waals surface area contributed by atoms with Crippen molar-refractivity contribution in [2.24, 2.45) is 5.92 Å². The fraction of sp³-hybridized carbons (Fsp3) is 0.500. The minimum Gasteiger partial charge on any atom is -0.293 e. The first-order valence-corrected chi connectivity index (χ1v) is 2.82. The van der Waals surface area contributed by atoms with E-state index in [0.29, 0.717) is 0 Å². The van der Waals surface area contributed by atoms with E-state index in [9.17, 15) is 4.79 Å². The van der Waals surface area contributed by atoms with E-state index in [1.54, 1.807) is 13.8 Å². The Kier molecular flexibility index (Phi) is 2.77. The van der Waals surface area contributed by atoms with E-state index >= 15 is 0 Å². The van der Waals surface area contributed by atoms with Gasteiger partial charge in [0, 0.05) is 5.92 Å². The van der Waals surface area contributed by atoms with Gasteiger partial charge in [0.25, 0.3) is 0 Å². The van der Waals surface area contributed by atoms with E-state index in [1.165, 1.54) is 0 Å². The van der Waals surface area contributed by atoms with Gasteiger partial charge in [-0.25, -0.2) is 0 Å². The minimum absolute atomic E-state index is 0.0278. The van der Waals surface area contributed by atoms with Gasteiger partial charge < -0.3 is 0 Å². The van der Waals surface area contributed by atoms with E-state index in [-0.39, 0.29) is 16.7 Å². The number of halogens is 1. The van der Waals surface area contributed by atoms with Crippen molar-refractivity contribution < 1.29 is 4.79 Å². The molecule has 0 atom stereocenters. The van der Waals surface area contributed by atoms with Gasteiger partial charge in [0.2, 0.25) is 0 Å². The number of hydrogen-bond donors (Lipinski definition) is 0. The van der Waals surface area contributed by atoms with Gasteiger partial charge >= 0.3 is 0 Å². The van der Waals surface area contributed by atoms with Crippen LogP contribution in [0.4, 0.5) is 0 Å². The maximum Gasteiger partial charge on any atom is 0.176 e. The number of ketones is 1. The van der Waals surface area contributed by atoms with Crippen molar-refractivity contribution in [3.63, 3.8) is 0 Å². The SMILES string of the molecule is C=C(Cl)C(=O)C(C)C. The number of carbonyl (C=O) groups excluding carboxylic acids is 1.